The Morgan fingerprint density at radius 1 is 1.38 bits per heavy atom. The summed E-state index contributed by atoms with van der Waals surface area (Å²) < 4.78 is 5.78. The number of ether oxygens (including phenoxy) is 1. The van der Waals surface area contributed by atoms with Crippen molar-refractivity contribution in [2.24, 2.45) is 0 Å². The van der Waals surface area contributed by atoms with E-state index < -0.39 is 0 Å². The van der Waals surface area contributed by atoms with Gasteiger partial charge >= 0.3 is 0 Å². The van der Waals surface area contributed by atoms with Gasteiger partial charge in [-0.3, -0.25) is 5.32 Å². The highest BCUT2D eigenvalue weighted by Crippen LogP contribution is 2.23. The number of halogens is 1. The molecule has 1 N–H and O–H groups in total. The van der Waals surface area contributed by atoms with Crippen LogP contribution in [-0.4, -0.2) is 42.9 Å². The Morgan fingerprint density at radius 3 is 2.69 bits per heavy atom. The summed E-state index contributed by atoms with van der Waals surface area (Å²) >= 11 is 0. The summed E-state index contributed by atoms with van der Waals surface area (Å²) in [5.74, 6) is 0. The molecule has 2 rings (SSSR count). The number of likely N-dealkylation sites (tertiary alicyclic amines) is 1. The van der Waals surface area contributed by atoms with Crippen molar-refractivity contribution in [3.63, 3.8) is 0 Å². The van der Waals surface area contributed by atoms with Crippen LogP contribution in [0, 0.1) is 0 Å². The first kappa shape index (κ1) is 14.2. The summed E-state index contributed by atoms with van der Waals surface area (Å²) in [5, 5.41) is 3.55. The van der Waals surface area contributed by atoms with E-state index in [-0.39, 0.29) is 24.2 Å². The van der Waals surface area contributed by atoms with Crippen LogP contribution in [0.2, 0.25) is 0 Å². The minimum absolute atomic E-state index is 0. The third-order valence-electron chi connectivity index (χ3n) is 3.60. The Morgan fingerprint density at radius 2 is 2.12 bits per heavy atom. The fourth-order valence-electron chi connectivity index (χ4n) is 2.64. The Balaban J connectivity index is 0.00000128. The molecule has 2 atom stereocenters. The molecule has 0 saturated carbocycles. The molecule has 0 aromatic rings. The highest BCUT2D eigenvalue weighted by molar-refractivity contribution is 5.85. The lowest BCUT2D eigenvalue weighted by Gasteiger charge is -2.34. The molecular weight excluding hydrogens is 224 g/mol. The maximum Gasteiger partial charge on any atom is 0.110 e. The molecule has 0 aromatic heterocycles. The van der Waals surface area contributed by atoms with E-state index in [1.807, 2.05) is 0 Å². The molecule has 2 unspecified atom stereocenters. The number of hydrogen-bond acceptors (Lipinski definition) is 3. The van der Waals surface area contributed by atoms with Crippen LogP contribution in [0.3, 0.4) is 0 Å². The monoisotopic (exact) mass is 248 g/mol. The minimum atomic E-state index is 0. The van der Waals surface area contributed by atoms with Crippen molar-refractivity contribution >= 4 is 12.4 Å². The van der Waals surface area contributed by atoms with Gasteiger partial charge in [0.25, 0.3) is 0 Å². The van der Waals surface area contributed by atoms with Crippen LogP contribution < -0.4 is 5.32 Å². The molecule has 96 valence electrons. The normalized spacial score (nSPS) is 34.7. The zero-order valence-corrected chi connectivity index (χ0v) is 11.5. The van der Waals surface area contributed by atoms with Crippen LogP contribution in [0.1, 0.15) is 39.5 Å². The molecule has 2 heterocycles. The maximum atomic E-state index is 5.78. The van der Waals surface area contributed by atoms with E-state index in [0.29, 0.717) is 6.04 Å². The average molecular weight is 249 g/mol. The molecule has 2 saturated heterocycles. The summed E-state index contributed by atoms with van der Waals surface area (Å²) in [6.45, 7) is 6.50. The minimum Gasteiger partial charge on any atom is -0.361 e. The van der Waals surface area contributed by atoms with Gasteiger partial charge < -0.3 is 9.64 Å². The second-order valence-corrected chi connectivity index (χ2v) is 5.69. The van der Waals surface area contributed by atoms with E-state index in [1.54, 1.807) is 0 Å². The molecule has 2 aliphatic heterocycles. The van der Waals surface area contributed by atoms with E-state index in [9.17, 15) is 0 Å². The molecule has 0 aromatic carbocycles. The van der Waals surface area contributed by atoms with E-state index in [0.717, 1.165) is 13.0 Å². The third-order valence-corrected chi connectivity index (χ3v) is 3.60. The standard InChI is InChI=1S/C12H24N2O.ClH/c1-12(2)9-15-11(13-12)8-10-6-4-5-7-14(10)3;/h10-11,13H,4-9H2,1-3H3;1H. The van der Waals surface area contributed by atoms with Gasteiger partial charge in [-0.05, 0) is 40.3 Å². The molecule has 0 aliphatic carbocycles. The molecule has 0 radical (unpaired) electrons. The maximum absolute atomic E-state index is 5.78. The Hall–Kier alpha value is 0.170. The van der Waals surface area contributed by atoms with Gasteiger partial charge in [-0.2, -0.15) is 0 Å². The van der Waals surface area contributed by atoms with Crippen molar-refractivity contribution in [1.29, 1.82) is 0 Å². The van der Waals surface area contributed by atoms with Crippen LogP contribution >= 0.6 is 12.4 Å². The van der Waals surface area contributed by atoms with Gasteiger partial charge in [-0.25, -0.2) is 0 Å². The van der Waals surface area contributed by atoms with Gasteiger partial charge in [-0.1, -0.05) is 6.42 Å². The van der Waals surface area contributed by atoms with E-state index >= 15 is 0 Å². The molecule has 0 bridgehead atoms. The van der Waals surface area contributed by atoms with Crippen LogP contribution in [0.25, 0.3) is 0 Å². The molecule has 16 heavy (non-hydrogen) atoms. The summed E-state index contributed by atoms with van der Waals surface area (Å²) in [6.07, 6.45) is 5.48. The van der Waals surface area contributed by atoms with E-state index in [2.05, 4.69) is 31.1 Å². The molecule has 2 aliphatic rings. The first-order valence-corrected chi connectivity index (χ1v) is 6.16. The average Bonchev–Trinajstić information content (AvgIpc) is 2.50. The van der Waals surface area contributed by atoms with Crippen molar-refractivity contribution in [2.45, 2.75) is 57.3 Å². The topological polar surface area (TPSA) is 24.5 Å². The number of nitrogens with one attached hydrogen (secondary N) is 1. The fraction of sp³-hybridized carbons (Fsp3) is 1.00. The van der Waals surface area contributed by atoms with Gasteiger partial charge in [0.05, 0.1) is 6.61 Å². The second kappa shape index (κ2) is 5.67. The lowest BCUT2D eigenvalue weighted by atomic mass is 9.99. The predicted octanol–water partition coefficient (Wildman–Crippen LogP) is 2.01. The first-order valence-electron chi connectivity index (χ1n) is 6.16. The molecule has 0 spiro atoms. The predicted molar refractivity (Wildman–Crippen MR) is 69.1 cm³/mol. The van der Waals surface area contributed by atoms with Crippen molar-refractivity contribution in [1.82, 2.24) is 10.2 Å². The van der Waals surface area contributed by atoms with Crippen molar-refractivity contribution in [3.05, 3.63) is 0 Å². The molecular formula is C12H25ClN2O. The van der Waals surface area contributed by atoms with Gasteiger partial charge in [-0.15, -0.1) is 12.4 Å². The lowest BCUT2D eigenvalue weighted by molar-refractivity contribution is 0.0549. The first-order chi connectivity index (χ1) is 7.07. The summed E-state index contributed by atoms with van der Waals surface area (Å²) in [7, 11) is 2.24. The molecule has 3 nitrogen and oxygen atoms in total. The highest BCUT2D eigenvalue weighted by atomic mass is 35.5. The largest absolute Gasteiger partial charge is 0.361 e. The number of rotatable bonds is 2. The summed E-state index contributed by atoms with van der Waals surface area (Å²) in [6, 6.07) is 0.713. The van der Waals surface area contributed by atoms with Gasteiger partial charge in [0.15, 0.2) is 0 Å². The number of nitrogens with zero attached hydrogens (tertiary/aromatic N) is 1. The van der Waals surface area contributed by atoms with Crippen molar-refractivity contribution in [2.75, 3.05) is 20.2 Å². The van der Waals surface area contributed by atoms with Crippen LogP contribution in [0.15, 0.2) is 0 Å². The van der Waals surface area contributed by atoms with Gasteiger partial charge in [0.1, 0.15) is 6.23 Å². The number of piperidine rings is 1. The summed E-state index contributed by atoms with van der Waals surface area (Å²) in [5.41, 5.74) is 0.165. The second-order valence-electron chi connectivity index (χ2n) is 5.69. The van der Waals surface area contributed by atoms with Crippen molar-refractivity contribution in [3.8, 4) is 0 Å². The zero-order chi connectivity index (χ0) is 10.9. The van der Waals surface area contributed by atoms with Crippen molar-refractivity contribution < 1.29 is 4.74 Å². The van der Waals surface area contributed by atoms with Gasteiger partial charge in [0, 0.05) is 18.0 Å². The fourth-order valence-corrected chi connectivity index (χ4v) is 2.64. The Bertz CT molecular complexity index is 223. The summed E-state index contributed by atoms with van der Waals surface area (Å²) in [4.78, 5) is 2.49. The Labute approximate surface area is 105 Å². The Kier molecular flexibility index (Phi) is 5.05. The van der Waals surface area contributed by atoms with E-state index in [4.69, 9.17) is 4.74 Å². The highest BCUT2D eigenvalue weighted by Gasteiger charge is 2.33. The third kappa shape index (κ3) is 3.59. The van der Waals surface area contributed by atoms with Gasteiger partial charge in [0.2, 0.25) is 0 Å². The molecule has 4 heteroatoms. The van der Waals surface area contributed by atoms with E-state index in [1.165, 1.54) is 25.8 Å². The molecule has 2 fully saturated rings. The van der Waals surface area contributed by atoms with Crippen LogP contribution in [0.5, 0.6) is 0 Å². The number of hydrogen-bond donors (Lipinski definition) is 1. The van der Waals surface area contributed by atoms with Crippen LogP contribution in [0.4, 0.5) is 0 Å². The quantitative estimate of drug-likeness (QED) is 0.809. The lowest BCUT2D eigenvalue weighted by Crippen LogP contribution is -2.44. The smallest absolute Gasteiger partial charge is 0.110 e. The van der Waals surface area contributed by atoms with Crippen LogP contribution in [-0.2, 0) is 4.74 Å². The SMILES string of the molecule is CN1CCCCC1CC1NC(C)(C)CO1.Cl. The zero-order valence-electron chi connectivity index (χ0n) is 10.7. The molecule has 0 amide bonds.